The van der Waals surface area contributed by atoms with Crippen molar-refractivity contribution in [3.63, 3.8) is 0 Å². The van der Waals surface area contributed by atoms with E-state index in [1.165, 1.54) is 20.8 Å². The second-order valence-electron chi connectivity index (χ2n) is 8.43. The number of rotatable bonds is 17. The van der Waals surface area contributed by atoms with Crippen molar-refractivity contribution in [1.29, 1.82) is 0 Å². The fourth-order valence-corrected chi connectivity index (χ4v) is 3.15. The molecule has 0 aromatic rings. The van der Waals surface area contributed by atoms with Crippen LogP contribution >= 0.6 is 0 Å². The van der Waals surface area contributed by atoms with Gasteiger partial charge in [-0.2, -0.15) is 0 Å². The topological polar surface area (TPSA) is 150 Å². The van der Waals surface area contributed by atoms with E-state index in [1.54, 1.807) is 20.8 Å². The molecular weight excluding hydrogens is 448 g/mol. The standard InChI is InChI=1S/C24H38O10/c1-7-10-18(15(4)25)32-21(28)13-24(31,23(30)34-20(12-9-3)17(6)27)14-22(29)33-19(11-8-2)16(5)26/h18-20,31H,7-14H2,1-6H3. The highest BCUT2D eigenvalue weighted by Gasteiger charge is 2.45. The van der Waals surface area contributed by atoms with Crippen molar-refractivity contribution in [2.75, 3.05) is 0 Å². The van der Waals surface area contributed by atoms with E-state index in [0.29, 0.717) is 19.3 Å². The minimum absolute atomic E-state index is 0.178. The second kappa shape index (κ2) is 15.3. The van der Waals surface area contributed by atoms with E-state index in [0.717, 1.165) is 0 Å². The lowest BCUT2D eigenvalue weighted by molar-refractivity contribution is -0.185. The van der Waals surface area contributed by atoms with E-state index >= 15 is 0 Å². The van der Waals surface area contributed by atoms with Gasteiger partial charge in [0.05, 0.1) is 12.8 Å². The van der Waals surface area contributed by atoms with Crippen LogP contribution in [-0.2, 0) is 43.0 Å². The summed E-state index contributed by atoms with van der Waals surface area (Å²) in [7, 11) is 0. The molecule has 0 aromatic carbocycles. The van der Waals surface area contributed by atoms with E-state index in [9.17, 15) is 33.9 Å². The van der Waals surface area contributed by atoms with E-state index in [4.69, 9.17) is 14.2 Å². The van der Waals surface area contributed by atoms with E-state index < -0.39 is 72.0 Å². The summed E-state index contributed by atoms with van der Waals surface area (Å²) in [6.07, 6.45) is -3.10. The summed E-state index contributed by atoms with van der Waals surface area (Å²) in [5, 5.41) is 11.0. The van der Waals surface area contributed by atoms with Gasteiger partial charge in [-0.05, 0) is 40.0 Å². The van der Waals surface area contributed by atoms with Gasteiger partial charge in [-0.15, -0.1) is 0 Å². The lowest BCUT2D eigenvalue weighted by Gasteiger charge is -2.27. The Balaban J connectivity index is 5.79. The minimum Gasteiger partial charge on any atom is -0.454 e. The SMILES string of the molecule is CCCC(OC(=O)CC(O)(CC(=O)OC(CCC)C(C)=O)C(=O)OC(CCC)C(C)=O)C(C)=O. The van der Waals surface area contributed by atoms with E-state index in [2.05, 4.69) is 0 Å². The molecule has 0 bridgehead atoms. The summed E-state index contributed by atoms with van der Waals surface area (Å²) in [6.45, 7) is 9.01. The van der Waals surface area contributed by atoms with E-state index in [1.807, 2.05) is 0 Å². The van der Waals surface area contributed by atoms with Gasteiger partial charge in [0.2, 0.25) is 0 Å². The molecule has 0 aromatic heterocycles. The van der Waals surface area contributed by atoms with Crippen LogP contribution in [0.1, 0.15) is 92.9 Å². The van der Waals surface area contributed by atoms with Crippen LogP contribution in [0.15, 0.2) is 0 Å². The van der Waals surface area contributed by atoms with Crippen molar-refractivity contribution in [3.05, 3.63) is 0 Å². The van der Waals surface area contributed by atoms with Gasteiger partial charge >= 0.3 is 17.9 Å². The third-order valence-corrected chi connectivity index (χ3v) is 5.06. The largest absolute Gasteiger partial charge is 0.454 e. The lowest BCUT2D eigenvalue weighted by Crippen LogP contribution is -2.47. The van der Waals surface area contributed by atoms with Crippen molar-refractivity contribution in [2.45, 2.75) is 117 Å². The first kappa shape index (κ1) is 31.4. The highest BCUT2D eigenvalue weighted by molar-refractivity contribution is 5.93. The predicted molar refractivity (Wildman–Crippen MR) is 121 cm³/mol. The summed E-state index contributed by atoms with van der Waals surface area (Å²) in [5.41, 5.74) is -2.73. The first-order valence-electron chi connectivity index (χ1n) is 11.6. The van der Waals surface area contributed by atoms with E-state index in [-0.39, 0.29) is 19.3 Å². The number of carbonyl (C=O) groups is 6. The number of carbonyl (C=O) groups excluding carboxylic acids is 6. The molecule has 0 amide bonds. The Bertz CT molecular complexity index is 702. The number of esters is 3. The van der Waals surface area contributed by atoms with Gasteiger partial charge in [0.15, 0.2) is 41.3 Å². The summed E-state index contributed by atoms with van der Waals surface area (Å²) in [6, 6.07) is 0. The van der Waals surface area contributed by atoms with Crippen LogP contribution in [-0.4, -0.2) is 64.3 Å². The van der Waals surface area contributed by atoms with Crippen LogP contribution in [0.25, 0.3) is 0 Å². The summed E-state index contributed by atoms with van der Waals surface area (Å²) < 4.78 is 15.3. The Hall–Kier alpha value is -2.62. The molecule has 0 heterocycles. The molecule has 0 spiro atoms. The van der Waals surface area contributed by atoms with Crippen molar-refractivity contribution >= 4 is 35.3 Å². The molecule has 10 heteroatoms. The molecule has 0 fully saturated rings. The average Bonchev–Trinajstić information content (AvgIpc) is 2.72. The average molecular weight is 487 g/mol. The predicted octanol–water partition coefficient (Wildman–Crippen LogP) is 2.40. The first-order chi connectivity index (χ1) is 15.8. The Morgan fingerprint density at radius 3 is 1.18 bits per heavy atom. The van der Waals surface area contributed by atoms with Gasteiger partial charge in [-0.3, -0.25) is 24.0 Å². The highest BCUT2D eigenvalue weighted by Crippen LogP contribution is 2.23. The smallest absolute Gasteiger partial charge is 0.340 e. The van der Waals surface area contributed by atoms with Gasteiger partial charge in [-0.25, -0.2) is 4.79 Å². The van der Waals surface area contributed by atoms with Gasteiger partial charge in [0, 0.05) is 0 Å². The Kier molecular flexibility index (Phi) is 14.1. The maximum Gasteiger partial charge on any atom is 0.340 e. The Morgan fingerprint density at radius 2 is 0.912 bits per heavy atom. The number of Topliss-reactive ketones (excluding diaryl/α,β-unsaturated/α-hetero) is 3. The molecule has 3 unspecified atom stereocenters. The molecule has 0 aliphatic carbocycles. The molecule has 0 saturated heterocycles. The van der Waals surface area contributed by atoms with Crippen LogP contribution < -0.4 is 0 Å². The quantitative estimate of drug-likeness (QED) is 0.240. The Labute approximate surface area is 200 Å². The van der Waals surface area contributed by atoms with Gasteiger partial charge in [-0.1, -0.05) is 40.0 Å². The fraction of sp³-hybridized carbons (Fsp3) is 0.750. The number of hydrogen-bond acceptors (Lipinski definition) is 10. The zero-order chi connectivity index (χ0) is 26.5. The molecule has 194 valence electrons. The maximum atomic E-state index is 12.8. The number of ether oxygens (including phenoxy) is 3. The number of hydrogen-bond donors (Lipinski definition) is 1. The number of ketones is 3. The molecule has 0 aliphatic rings. The lowest BCUT2D eigenvalue weighted by atomic mass is 9.95. The fourth-order valence-electron chi connectivity index (χ4n) is 3.15. The maximum absolute atomic E-state index is 12.8. The molecule has 0 aliphatic heterocycles. The zero-order valence-electron chi connectivity index (χ0n) is 21.0. The Morgan fingerprint density at radius 1 is 0.618 bits per heavy atom. The molecule has 34 heavy (non-hydrogen) atoms. The highest BCUT2D eigenvalue weighted by atomic mass is 16.6. The molecule has 3 atom stereocenters. The third-order valence-electron chi connectivity index (χ3n) is 5.06. The molecule has 0 radical (unpaired) electrons. The minimum atomic E-state index is -2.73. The van der Waals surface area contributed by atoms with Crippen LogP contribution in [0.5, 0.6) is 0 Å². The second-order valence-corrected chi connectivity index (χ2v) is 8.43. The van der Waals surface area contributed by atoms with Gasteiger partial charge < -0.3 is 19.3 Å². The summed E-state index contributed by atoms with van der Waals surface area (Å²) >= 11 is 0. The molecule has 10 nitrogen and oxygen atoms in total. The van der Waals surface area contributed by atoms with Crippen LogP contribution in [0, 0.1) is 0 Å². The van der Waals surface area contributed by atoms with Gasteiger partial charge in [0.25, 0.3) is 0 Å². The molecular formula is C24H38O10. The normalized spacial score (nSPS) is 15.3. The van der Waals surface area contributed by atoms with Crippen molar-refractivity contribution in [2.24, 2.45) is 0 Å². The van der Waals surface area contributed by atoms with Crippen LogP contribution in [0.3, 0.4) is 0 Å². The monoisotopic (exact) mass is 486 g/mol. The van der Waals surface area contributed by atoms with Gasteiger partial charge in [0.1, 0.15) is 0 Å². The number of aliphatic hydroxyl groups is 1. The van der Waals surface area contributed by atoms with Crippen molar-refractivity contribution < 1.29 is 48.1 Å². The van der Waals surface area contributed by atoms with Crippen molar-refractivity contribution in [1.82, 2.24) is 0 Å². The first-order valence-corrected chi connectivity index (χ1v) is 11.6. The molecule has 1 N–H and O–H groups in total. The zero-order valence-corrected chi connectivity index (χ0v) is 21.0. The van der Waals surface area contributed by atoms with Crippen LogP contribution in [0.2, 0.25) is 0 Å². The summed E-state index contributed by atoms with van der Waals surface area (Å²) in [5.74, 6) is -4.88. The molecule has 0 rings (SSSR count). The van der Waals surface area contributed by atoms with Crippen LogP contribution in [0.4, 0.5) is 0 Å². The van der Waals surface area contributed by atoms with Crippen molar-refractivity contribution in [3.8, 4) is 0 Å². The molecule has 0 saturated carbocycles. The summed E-state index contributed by atoms with van der Waals surface area (Å²) in [4.78, 5) is 73.1. The third kappa shape index (κ3) is 11.0.